The van der Waals surface area contributed by atoms with Gasteiger partial charge in [-0.2, -0.15) is 0 Å². The monoisotopic (exact) mass is 266 g/mol. The Hall–Kier alpha value is -1.85. The van der Waals surface area contributed by atoms with Crippen molar-refractivity contribution < 1.29 is 9.90 Å². The second kappa shape index (κ2) is 5.20. The van der Waals surface area contributed by atoms with Gasteiger partial charge in [0.05, 0.1) is 12.1 Å². The Bertz CT molecular complexity index is 651. The molecule has 0 spiro atoms. The third-order valence-corrected chi connectivity index (χ3v) is 2.72. The lowest BCUT2D eigenvalue weighted by atomic mass is 10.1. The number of carbonyl (C=O) groups excluding carboxylic acids is 1. The van der Waals surface area contributed by atoms with Crippen LogP contribution in [-0.2, 0) is 0 Å². The zero-order valence-electron chi connectivity index (χ0n) is 9.37. The number of aliphatic hydroxyl groups excluding tert-OH is 1. The Labute approximate surface area is 107 Å². The van der Waals surface area contributed by atoms with Gasteiger partial charge in [-0.25, -0.2) is 0 Å². The minimum absolute atomic E-state index is 0.0123. The van der Waals surface area contributed by atoms with Gasteiger partial charge >= 0.3 is 0 Å². The summed E-state index contributed by atoms with van der Waals surface area (Å²) >= 11 is 5.81. The van der Waals surface area contributed by atoms with Crippen molar-refractivity contribution in [3.05, 3.63) is 45.2 Å². The van der Waals surface area contributed by atoms with Crippen LogP contribution in [0.1, 0.15) is 10.4 Å². The summed E-state index contributed by atoms with van der Waals surface area (Å²) in [7, 11) is 0. The first-order chi connectivity index (χ1) is 8.63. The molecule has 5 nitrogen and oxygen atoms in total. The Balaban J connectivity index is 2.48. The highest BCUT2D eigenvalue weighted by Crippen LogP contribution is 2.14. The van der Waals surface area contributed by atoms with Gasteiger partial charge < -0.3 is 15.4 Å². The molecule has 0 saturated heterocycles. The van der Waals surface area contributed by atoms with E-state index in [9.17, 15) is 9.59 Å². The summed E-state index contributed by atoms with van der Waals surface area (Å²) in [5.74, 6) is -0.512. The van der Waals surface area contributed by atoms with Crippen LogP contribution in [0.3, 0.4) is 0 Å². The van der Waals surface area contributed by atoms with Gasteiger partial charge in [0, 0.05) is 23.2 Å². The van der Waals surface area contributed by atoms with Gasteiger partial charge in [-0.05, 0) is 18.2 Å². The van der Waals surface area contributed by atoms with E-state index in [4.69, 9.17) is 16.7 Å². The SMILES string of the molecule is O=C(NCCO)c1c[nH]c2cc(Cl)ccc2c1=O. The zero-order chi connectivity index (χ0) is 13.1. The van der Waals surface area contributed by atoms with Crippen LogP contribution in [0.2, 0.25) is 5.02 Å². The van der Waals surface area contributed by atoms with Crippen molar-refractivity contribution in [2.24, 2.45) is 0 Å². The van der Waals surface area contributed by atoms with Crippen molar-refractivity contribution in [3.63, 3.8) is 0 Å². The summed E-state index contributed by atoms with van der Waals surface area (Å²) in [6, 6.07) is 4.78. The Morgan fingerprint density at radius 3 is 2.94 bits per heavy atom. The first-order valence-corrected chi connectivity index (χ1v) is 5.71. The molecule has 0 bridgehead atoms. The predicted octanol–water partition coefficient (Wildman–Crippen LogP) is 0.904. The second-order valence-electron chi connectivity index (χ2n) is 3.70. The zero-order valence-corrected chi connectivity index (χ0v) is 10.1. The van der Waals surface area contributed by atoms with Crippen molar-refractivity contribution in [3.8, 4) is 0 Å². The molecular formula is C12H11ClN2O3. The van der Waals surface area contributed by atoms with Crippen LogP contribution in [0.15, 0.2) is 29.2 Å². The number of amides is 1. The largest absolute Gasteiger partial charge is 0.395 e. The van der Waals surface area contributed by atoms with Crippen molar-refractivity contribution in [2.75, 3.05) is 13.2 Å². The van der Waals surface area contributed by atoms with E-state index >= 15 is 0 Å². The molecule has 18 heavy (non-hydrogen) atoms. The fourth-order valence-corrected chi connectivity index (χ4v) is 1.80. The molecular weight excluding hydrogens is 256 g/mol. The van der Waals surface area contributed by atoms with Gasteiger partial charge in [0.1, 0.15) is 5.56 Å². The summed E-state index contributed by atoms with van der Waals surface area (Å²) in [6.45, 7) is -0.0657. The minimum Gasteiger partial charge on any atom is -0.395 e. The molecule has 0 unspecified atom stereocenters. The number of halogens is 1. The lowest BCUT2D eigenvalue weighted by Crippen LogP contribution is -2.30. The Kier molecular flexibility index (Phi) is 3.64. The van der Waals surface area contributed by atoms with Crippen LogP contribution in [0.5, 0.6) is 0 Å². The first kappa shape index (κ1) is 12.6. The van der Waals surface area contributed by atoms with Crippen molar-refractivity contribution in [1.29, 1.82) is 0 Å². The predicted molar refractivity (Wildman–Crippen MR) is 69.0 cm³/mol. The van der Waals surface area contributed by atoms with Gasteiger partial charge in [-0.1, -0.05) is 11.6 Å². The number of aromatic nitrogens is 1. The van der Waals surface area contributed by atoms with Crippen LogP contribution >= 0.6 is 11.6 Å². The number of benzene rings is 1. The molecule has 0 fully saturated rings. The van der Waals surface area contributed by atoms with Crippen LogP contribution in [0, 0.1) is 0 Å². The number of pyridine rings is 1. The summed E-state index contributed by atoms with van der Waals surface area (Å²) in [4.78, 5) is 26.6. The molecule has 94 valence electrons. The first-order valence-electron chi connectivity index (χ1n) is 5.33. The van der Waals surface area contributed by atoms with Crippen LogP contribution in [-0.4, -0.2) is 29.1 Å². The molecule has 3 N–H and O–H groups in total. The third kappa shape index (κ3) is 2.37. The topological polar surface area (TPSA) is 82.2 Å². The third-order valence-electron chi connectivity index (χ3n) is 2.48. The van der Waals surface area contributed by atoms with Crippen molar-refractivity contribution in [1.82, 2.24) is 10.3 Å². The van der Waals surface area contributed by atoms with Gasteiger partial charge in [0.2, 0.25) is 5.43 Å². The van der Waals surface area contributed by atoms with Crippen LogP contribution < -0.4 is 10.7 Å². The number of nitrogens with one attached hydrogen (secondary N) is 2. The number of fused-ring (bicyclic) bond motifs is 1. The number of rotatable bonds is 3. The second-order valence-corrected chi connectivity index (χ2v) is 4.14. The summed E-state index contributed by atoms with van der Waals surface area (Å²) < 4.78 is 0. The van der Waals surface area contributed by atoms with E-state index in [1.54, 1.807) is 18.2 Å². The summed E-state index contributed by atoms with van der Waals surface area (Å²) in [5.41, 5.74) is 0.223. The minimum atomic E-state index is -0.512. The maximum atomic E-state index is 12.1. The van der Waals surface area contributed by atoms with E-state index in [2.05, 4.69) is 10.3 Å². The number of hydrogen-bond acceptors (Lipinski definition) is 3. The molecule has 1 aromatic heterocycles. The highest BCUT2D eigenvalue weighted by molar-refractivity contribution is 6.31. The van der Waals surface area contributed by atoms with Gasteiger partial charge in [0.15, 0.2) is 0 Å². The van der Waals surface area contributed by atoms with E-state index in [0.29, 0.717) is 15.9 Å². The van der Waals surface area contributed by atoms with E-state index < -0.39 is 5.91 Å². The van der Waals surface area contributed by atoms with E-state index in [1.165, 1.54) is 6.20 Å². The van der Waals surface area contributed by atoms with E-state index in [1.807, 2.05) is 0 Å². The number of carbonyl (C=O) groups is 1. The molecule has 0 saturated carbocycles. The lowest BCUT2D eigenvalue weighted by molar-refractivity contribution is 0.0943. The standard InChI is InChI=1S/C12H11ClN2O3/c13-7-1-2-8-10(5-7)15-6-9(11(8)17)12(18)14-3-4-16/h1-2,5-6,16H,3-4H2,(H,14,18)(H,15,17). The fraction of sp³-hybridized carbons (Fsp3) is 0.167. The molecule has 2 aromatic rings. The lowest BCUT2D eigenvalue weighted by Gasteiger charge is -2.04. The maximum Gasteiger partial charge on any atom is 0.256 e. The van der Waals surface area contributed by atoms with E-state index in [0.717, 1.165) is 0 Å². The quantitative estimate of drug-likeness (QED) is 0.772. The molecule has 0 radical (unpaired) electrons. The molecule has 1 aromatic carbocycles. The molecule has 0 aliphatic rings. The highest BCUT2D eigenvalue weighted by Gasteiger charge is 2.12. The van der Waals surface area contributed by atoms with Crippen LogP contribution in [0.4, 0.5) is 0 Å². The molecule has 1 heterocycles. The number of aromatic amines is 1. The van der Waals surface area contributed by atoms with Crippen LogP contribution in [0.25, 0.3) is 10.9 Å². The normalized spacial score (nSPS) is 10.6. The number of hydrogen-bond donors (Lipinski definition) is 3. The van der Waals surface area contributed by atoms with Gasteiger partial charge in [0.25, 0.3) is 5.91 Å². The van der Waals surface area contributed by atoms with Gasteiger partial charge in [-0.3, -0.25) is 9.59 Å². The van der Waals surface area contributed by atoms with E-state index in [-0.39, 0.29) is 24.1 Å². The summed E-state index contributed by atoms with van der Waals surface area (Å²) in [6.07, 6.45) is 1.34. The molecule has 0 aliphatic carbocycles. The number of aliphatic hydroxyl groups is 1. The molecule has 2 rings (SSSR count). The van der Waals surface area contributed by atoms with Gasteiger partial charge in [-0.15, -0.1) is 0 Å². The Morgan fingerprint density at radius 1 is 1.44 bits per heavy atom. The smallest absolute Gasteiger partial charge is 0.256 e. The summed E-state index contributed by atoms with van der Waals surface area (Å²) in [5, 5.41) is 12.0. The average molecular weight is 267 g/mol. The molecule has 0 aliphatic heterocycles. The highest BCUT2D eigenvalue weighted by atomic mass is 35.5. The molecule has 1 amide bonds. The van der Waals surface area contributed by atoms with Crippen molar-refractivity contribution in [2.45, 2.75) is 0 Å². The molecule has 0 atom stereocenters. The molecule has 6 heteroatoms. The Morgan fingerprint density at radius 2 is 2.22 bits per heavy atom. The van der Waals surface area contributed by atoms with Crippen molar-refractivity contribution >= 4 is 28.4 Å². The fourth-order valence-electron chi connectivity index (χ4n) is 1.63. The average Bonchev–Trinajstić information content (AvgIpc) is 2.36. The number of H-pyrrole nitrogens is 1. The maximum absolute atomic E-state index is 12.1.